The summed E-state index contributed by atoms with van der Waals surface area (Å²) in [6.07, 6.45) is 1.85. The minimum absolute atomic E-state index is 0.0410. The zero-order chi connectivity index (χ0) is 13.7. The number of H-pyrrole nitrogens is 1. The smallest absolute Gasteiger partial charge is 0.225 e. The summed E-state index contributed by atoms with van der Waals surface area (Å²) in [6, 6.07) is 5.45. The van der Waals surface area contributed by atoms with Gasteiger partial charge in [0.1, 0.15) is 6.33 Å². The van der Waals surface area contributed by atoms with E-state index in [1.165, 1.54) is 18.1 Å². The normalized spacial score (nSPS) is 10.4. The Bertz CT molecular complexity index is 555. The average molecular weight is 277 g/mol. The van der Waals surface area contributed by atoms with Gasteiger partial charge in [0.25, 0.3) is 0 Å². The van der Waals surface area contributed by atoms with E-state index in [1.54, 1.807) is 6.07 Å². The van der Waals surface area contributed by atoms with Crippen molar-refractivity contribution in [2.45, 2.75) is 18.5 Å². The van der Waals surface area contributed by atoms with Crippen LogP contribution in [0.4, 0.5) is 11.4 Å². The lowest BCUT2D eigenvalue weighted by Crippen LogP contribution is -2.13. The summed E-state index contributed by atoms with van der Waals surface area (Å²) in [5.74, 6) is 0.600. The molecule has 0 radical (unpaired) electrons. The molecule has 1 aromatic carbocycles. The fourth-order valence-electron chi connectivity index (χ4n) is 1.49. The molecule has 4 N–H and O–H groups in total. The van der Waals surface area contributed by atoms with Gasteiger partial charge in [-0.25, -0.2) is 4.98 Å². The molecule has 1 amide bonds. The predicted octanol–water partition coefficient (Wildman–Crippen LogP) is 1.82. The number of rotatable bonds is 5. The number of nitrogens with two attached hydrogens (primary N) is 1. The van der Waals surface area contributed by atoms with Crippen molar-refractivity contribution in [3.8, 4) is 0 Å². The molecule has 1 heterocycles. The minimum atomic E-state index is -0.0410. The summed E-state index contributed by atoms with van der Waals surface area (Å²) in [7, 11) is 0. The number of aryl methyl sites for hydroxylation is 1. The molecule has 6 nitrogen and oxygen atoms in total. The number of amides is 1. The van der Waals surface area contributed by atoms with Crippen LogP contribution in [-0.4, -0.2) is 26.8 Å². The van der Waals surface area contributed by atoms with E-state index in [0.717, 1.165) is 11.3 Å². The Kier molecular flexibility index (Phi) is 4.40. The summed E-state index contributed by atoms with van der Waals surface area (Å²) in [4.78, 5) is 15.8. The second kappa shape index (κ2) is 6.24. The summed E-state index contributed by atoms with van der Waals surface area (Å²) in [5, 5.41) is 10.0. The number of aromatic amines is 1. The van der Waals surface area contributed by atoms with E-state index in [1.807, 2.05) is 19.1 Å². The lowest BCUT2D eigenvalue weighted by Gasteiger charge is -2.08. The number of nitrogens with zero attached hydrogens (tertiary/aromatic N) is 2. The van der Waals surface area contributed by atoms with Crippen molar-refractivity contribution in [1.29, 1.82) is 0 Å². The highest BCUT2D eigenvalue weighted by Gasteiger charge is 2.06. The van der Waals surface area contributed by atoms with Gasteiger partial charge in [-0.3, -0.25) is 9.89 Å². The Balaban J connectivity index is 1.82. The van der Waals surface area contributed by atoms with Crippen molar-refractivity contribution in [3.63, 3.8) is 0 Å². The van der Waals surface area contributed by atoms with E-state index in [0.29, 0.717) is 23.0 Å². The highest BCUT2D eigenvalue weighted by Crippen LogP contribution is 2.19. The molecule has 19 heavy (non-hydrogen) atoms. The van der Waals surface area contributed by atoms with E-state index in [9.17, 15) is 4.79 Å². The van der Waals surface area contributed by atoms with Gasteiger partial charge in [0.05, 0.1) is 0 Å². The number of hydrogen-bond donors (Lipinski definition) is 3. The molecule has 0 atom stereocenters. The average Bonchev–Trinajstić information content (AvgIpc) is 2.87. The molecule has 0 aliphatic carbocycles. The standard InChI is InChI=1S/C12H15N5OS/c1-8-2-3-9(13)6-10(8)16-11(18)4-5-19-12-14-7-15-17-12/h2-3,6-7H,4-5,13H2,1H3,(H,16,18)(H,14,15,17). The molecule has 0 spiro atoms. The first-order valence-electron chi connectivity index (χ1n) is 5.79. The molecule has 7 heteroatoms. The molecular formula is C12H15N5OS. The van der Waals surface area contributed by atoms with Crippen LogP contribution < -0.4 is 11.1 Å². The van der Waals surface area contributed by atoms with E-state index in [-0.39, 0.29) is 5.91 Å². The molecule has 1 aromatic heterocycles. The zero-order valence-corrected chi connectivity index (χ0v) is 11.3. The van der Waals surface area contributed by atoms with Crippen molar-refractivity contribution < 1.29 is 4.79 Å². The van der Waals surface area contributed by atoms with Gasteiger partial charge >= 0.3 is 0 Å². The molecule has 2 rings (SSSR count). The van der Waals surface area contributed by atoms with Crippen molar-refractivity contribution in [3.05, 3.63) is 30.1 Å². The molecular weight excluding hydrogens is 262 g/mol. The molecule has 2 aromatic rings. The number of aromatic nitrogens is 3. The molecule has 0 saturated carbocycles. The second-order valence-electron chi connectivity index (χ2n) is 4.01. The third-order valence-electron chi connectivity index (χ3n) is 2.50. The topological polar surface area (TPSA) is 96.7 Å². The highest BCUT2D eigenvalue weighted by molar-refractivity contribution is 7.99. The summed E-state index contributed by atoms with van der Waals surface area (Å²) in [6.45, 7) is 1.93. The number of nitrogen functional groups attached to an aromatic ring is 1. The van der Waals surface area contributed by atoms with E-state index < -0.39 is 0 Å². The maximum Gasteiger partial charge on any atom is 0.225 e. The number of carbonyl (C=O) groups excluding carboxylic acids is 1. The monoisotopic (exact) mass is 277 g/mol. The first kappa shape index (κ1) is 13.4. The summed E-state index contributed by atoms with van der Waals surface area (Å²) < 4.78 is 0. The van der Waals surface area contributed by atoms with Gasteiger partial charge < -0.3 is 11.1 Å². The van der Waals surface area contributed by atoms with Crippen LogP contribution in [0, 0.1) is 6.92 Å². The Hall–Kier alpha value is -2.02. The number of nitrogens with one attached hydrogen (secondary N) is 2. The summed E-state index contributed by atoms with van der Waals surface area (Å²) >= 11 is 1.46. The van der Waals surface area contributed by atoms with Crippen molar-refractivity contribution in [2.24, 2.45) is 0 Å². The predicted molar refractivity (Wildman–Crippen MR) is 75.9 cm³/mol. The quantitative estimate of drug-likeness (QED) is 0.572. The SMILES string of the molecule is Cc1ccc(N)cc1NC(=O)CCSc1ncn[nH]1. The van der Waals surface area contributed by atoms with Crippen LogP contribution in [0.15, 0.2) is 29.7 Å². The van der Waals surface area contributed by atoms with Crippen LogP contribution in [-0.2, 0) is 4.79 Å². The lowest BCUT2D eigenvalue weighted by molar-refractivity contribution is -0.115. The van der Waals surface area contributed by atoms with Crippen molar-refractivity contribution in [1.82, 2.24) is 15.2 Å². The fourth-order valence-corrected chi connectivity index (χ4v) is 2.21. The number of carbonyl (C=O) groups is 1. The Morgan fingerprint density at radius 3 is 3.11 bits per heavy atom. The lowest BCUT2D eigenvalue weighted by atomic mass is 10.2. The number of anilines is 2. The van der Waals surface area contributed by atoms with E-state index in [2.05, 4.69) is 20.5 Å². The maximum atomic E-state index is 11.8. The second-order valence-corrected chi connectivity index (χ2v) is 5.10. The van der Waals surface area contributed by atoms with Gasteiger partial charge in [0, 0.05) is 23.5 Å². The van der Waals surface area contributed by atoms with Crippen LogP contribution in [0.3, 0.4) is 0 Å². The largest absolute Gasteiger partial charge is 0.399 e. The van der Waals surface area contributed by atoms with Crippen molar-refractivity contribution >= 4 is 29.0 Å². The van der Waals surface area contributed by atoms with Gasteiger partial charge in [-0.05, 0) is 24.6 Å². The Morgan fingerprint density at radius 1 is 1.53 bits per heavy atom. The molecule has 0 saturated heterocycles. The van der Waals surface area contributed by atoms with Crippen LogP contribution in [0.2, 0.25) is 0 Å². The zero-order valence-electron chi connectivity index (χ0n) is 10.5. The van der Waals surface area contributed by atoms with E-state index >= 15 is 0 Å². The van der Waals surface area contributed by atoms with Crippen LogP contribution in [0.1, 0.15) is 12.0 Å². The Labute approximate surface area is 115 Å². The van der Waals surface area contributed by atoms with Gasteiger partial charge in [-0.1, -0.05) is 17.8 Å². The molecule has 0 unspecified atom stereocenters. The first-order valence-corrected chi connectivity index (χ1v) is 6.78. The number of hydrogen-bond acceptors (Lipinski definition) is 5. The van der Waals surface area contributed by atoms with Crippen molar-refractivity contribution in [2.75, 3.05) is 16.8 Å². The van der Waals surface area contributed by atoms with Crippen LogP contribution in [0.5, 0.6) is 0 Å². The van der Waals surface area contributed by atoms with Gasteiger partial charge in [0.2, 0.25) is 5.91 Å². The molecule has 0 bridgehead atoms. The Morgan fingerprint density at radius 2 is 2.37 bits per heavy atom. The molecule has 0 aliphatic rings. The minimum Gasteiger partial charge on any atom is -0.399 e. The third kappa shape index (κ3) is 3.99. The molecule has 100 valence electrons. The van der Waals surface area contributed by atoms with E-state index in [4.69, 9.17) is 5.73 Å². The highest BCUT2D eigenvalue weighted by atomic mass is 32.2. The molecule has 0 aliphatic heterocycles. The van der Waals surface area contributed by atoms with Gasteiger partial charge in [-0.2, -0.15) is 5.10 Å². The van der Waals surface area contributed by atoms with Gasteiger partial charge in [0.15, 0.2) is 5.16 Å². The van der Waals surface area contributed by atoms with Crippen LogP contribution >= 0.6 is 11.8 Å². The fraction of sp³-hybridized carbons (Fsp3) is 0.250. The summed E-state index contributed by atoms with van der Waals surface area (Å²) in [5.41, 5.74) is 8.08. The third-order valence-corrected chi connectivity index (χ3v) is 3.37. The van der Waals surface area contributed by atoms with Crippen LogP contribution in [0.25, 0.3) is 0 Å². The van der Waals surface area contributed by atoms with Gasteiger partial charge in [-0.15, -0.1) is 0 Å². The first-order chi connectivity index (χ1) is 9.15. The maximum absolute atomic E-state index is 11.8. The molecule has 0 fully saturated rings. The number of thioether (sulfide) groups is 1. The number of benzene rings is 1.